The van der Waals surface area contributed by atoms with E-state index < -0.39 is 6.09 Å². The van der Waals surface area contributed by atoms with Crippen LogP contribution in [-0.2, 0) is 22.3 Å². The summed E-state index contributed by atoms with van der Waals surface area (Å²) in [6, 6.07) is 0. The van der Waals surface area contributed by atoms with E-state index in [-0.39, 0.29) is 5.97 Å². The lowest BCUT2D eigenvalue weighted by Gasteiger charge is -2.11. The van der Waals surface area contributed by atoms with Crippen LogP contribution in [0.5, 0.6) is 0 Å². The van der Waals surface area contributed by atoms with Crippen molar-refractivity contribution in [1.29, 1.82) is 0 Å². The lowest BCUT2D eigenvalue weighted by atomic mass is 9.96. The van der Waals surface area contributed by atoms with Crippen molar-refractivity contribution >= 4 is 28.4 Å². The molecule has 1 heterocycles. The highest BCUT2D eigenvalue weighted by atomic mass is 32.1. The minimum atomic E-state index is -0.560. The zero-order chi connectivity index (χ0) is 15.2. The maximum atomic E-state index is 12.3. The number of aryl methyl sites for hydroxylation is 1. The number of nitrogens with one attached hydrogen (secondary N) is 1. The van der Waals surface area contributed by atoms with E-state index >= 15 is 0 Å². The van der Waals surface area contributed by atoms with Gasteiger partial charge in [-0.15, -0.1) is 11.3 Å². The standard InChI is InChI=1S/C15H21NO4S/c1-3-20-14(17)12-10-8-6-4-5-7-9-11(10)21-13(12)16-15(18)19-2/h3-9H2,1-2H3,(H,16,18). The maximum Gasteiger partial charge on any atom is 0.411 e. The Morgan fingerprint density at radius 2 is 1.90 bits per heavy atom. The third-order valence-corrected chi connectivity index (χ3v) is 4.76. The third kappa shape index (κ3) is 3.75. The number of carbonyl (C=O) groups is 2. The predicted octanol–water partition coefficient (Wildman–Crippen LogP) is 3.76. The van der Waals surface area contributed by atoms with Crippen LogP contribution in [-0.4, -0.2) is 25.8 Å². The number of amides is 1. The molecular weight excluding hydrogens is 290 g/mol. The van der Waals surface area contributed by atoms with Crippen molar-refractivity contribution in [2.45, 2.75) is 45.4 Å². The minimum Gasteiger partial charge on any atom is -0.462 e. The molecule has 1 aliphatic carbocycles. The average Bonchev–Trinajstić information content (AvgIpc) is 2.76. The molecule has 5 nitrogen and oxygen atoms in total. The second kappa shape index (κ2) is 7.45. The molecule has 0 saturated heterocycles. The monoisotopic (exact) mass is 311 g/mol. The Morgan fingerprint density at radius 1 is 1.19 bits per heavy atom. The summed E-state index contributed by atoms with van der Waals surface area (Å²) < 4.78 is 9.79. The van der Waals surface area contributed by atoms with E-state index in [9.17, 15) is 9.59 Å². The number of anilines is 1. The molecule has 0 bridgehead atoms. The average molecular weight is 311 g/mol. The van der Waals surface area contributed by atoms with E-state index in [4.69, 9.17) is 4.74 Å². The van der Waals surface area contributed by atoms with Gasteiger partial charge in [-0.2, -0.15) is 0 Å². The summed E-state index contributed by atoms with van der Waals surface area (Å²) in [7, 11) is 1.31. The highest BCUT2D eigenvalue weighted by molar-refractivity contribution is 7.17. The molecular formula is C15H21NO4S. The molecule has 21 heavy (non-hydrogen) atoms. The van der Waals surface area contributed by atoms with Gasteiger partial charge in [-0.25, -0.2) is 9.59 Å². The first kappa shape index (κ1) is 15.8. The maximum absolute atomic E-state index is 12.3. The number of esters is 1. The molecule has 2 rings (SSSR count). The Morgan fingerprint density at radius 3 is 2.57 bits per heavy atom. The highest BCUT2D eigenvalue weighted by Gasteiger charge is 2.26. The number of methoxy groups -OCH3 is 1. The van der Waals surface area contributed by atoms with Crippen LogP contribution in [0.4, 0.5) is 9.80 Å². The molecule has 1 N–H and O–H groups in total. The topological polar surface area (TPSA) is 64.6 Å². The van der Waals surface area contributed by atoms with Gasteiger partial charge in [0, 0.05) is 4.88 Å². The fourth-order valence-electron chi connectivity index (χ4n) is 2.57. The van der Waals surface area contributed by atoms with Crippen LogP contribution >= 0.6 is 11.3 Å². The molecule has 0 fully saturated rings. The lowest BCUT2D eigenvalue weighted by molar-refractivity contribution is 0.0526. The molecule has 1 aromatic heterocycles. The van der Waals surface area contributed by atoms with Crippen molar-refractivity contribution in [2.75, 3.05) is 19.0 Å². The fourth-order valence-corrected chi connectivity index (χ4v) is 3.83. The lowest BCUT2D eigenvalue weighted by Crippen LogP contribution is -2.15. The predicted molar refractivity (Wildman–Crippen MR) is 82.2 cm³/mol. The van der Waals surface area contributed by atoms with Crippen molar-refractivity contribution < 1.29 is 19.1 Å². The number of carbonyl (C=O) groups excluding carboxylic acids is 2. The Balaban J connectivity index is 2.39. The second-order valence-corrected chi connectivity index (χ2v) is 6.06. The van der Waals surface area contributed by atoms with E-state index in [2.05, 4.69) is 10.1 Å². The molecule has 0 aliphatic heterocycles. The summed E-state index contributed by atoms with van der Waals surface area (Å²) in [4.78, 5) is 24.9. The molecule has 116 valence electrons. The molecule has 0 saturated carbocycles. The summed E-state index contributed by atoms with van der Waals surface area (Å²) >= 11 is 1.47. The minimum absolute atomic E-state index is 0.321. The molecule has 0 unspecified atom stereocenters. The van der Waals surface area contributed by atoms with Gasteiger partial charge in [-0.3, -0.25) is 5.32 Å². The van der Waals surface area contributed by atoms with Crippen LogP contribution in [0.15, 0.2) is 0 Å². The van der Waals surface area contributed by atoms with E-state index in [1.807, 2.05) is 0 Å². The van der Waals surface area contributed by atoms with Crippen LogP contribution in [0.3, 0.4) is 0 Å². The summed E-state index contributed by atoms with van der Waals surface area (Å²) in [6.07, 6.45) is 5.83. The number of hydrogen-bond donors (Lipinski definition) is 1. The zero-order valence-corrected chi connectivity index (χ0v) is 13.3. The summed E-state index contributed by atoms with van der Waals surface area (Å²) in [5.74, 6) is -0.359. The third-order valence-electron chi connectivity index (χ3n) is 3.55. The van der Waals surface area contributed by atoms with Crippen molar-refractivity contribution in [3.63, 3.8) is 0 Å². The van der Waals surface area contributed by atoms with Gasteiger partial charge in [-0.05, 0) is 38.2 Å². The zero-order valence-electron chi connectivity index (χ0n) is 12.5. The first-order chi connectivity index (χ1) is 10.2. The fraction of sp³-hybridized carbons (Fsp3) is 0.600. The molecule has 0 radical (unpaired) electrons. The van der Waals surface area contributed by atoms with Crippen molar-refractivity contribution in [2.24, 2.45) is 0 Å². The summed E-state index contributed by atoms with van der Waals surface area (Å²) in [6.45, 7) is 2.10. The van der Waals surface area contributed by atoms with Crippen LogP contribution < -0.4 is 5.32 Å². The number of ether oxygens (including phenoxy) is 2. The van der Waals surface area contributed by atoms with Gasteiger partial charge < -0.3 is 9.47 Å². The van der Waals surface area contributed by atoms with Crippen LogP contribution in [0, 0.1) is 0 Å². The Hall–Kier alpha value is -1.56. The molecule has 1 aromatic rings. The van der Waals surface area contributed by atoms with Gasteiger partial charge in [0.05, 0.1) is 19.3 Å². The molecule has 0 spiro atoms. The van der Waals surface area contributed by atoms with E-state index in [0.717, 1.165) is 31.2 Å². The largest absolute Gasteiger partial charge is 0.462 e. The van der Waals surface area contributed by atoms with Gasteiger partial charge in [0.15, 0.2) is 0 Å². The van der Waals surface area contributed by atoms with Gasteiger partial charge in [0.2, 0.25) is 0 Å². The molecule has 0 atom stereocenters. The number of hydrogen-bond acceptors (Lipinski definition) is 5. The van der Waals surface area contributed by atoms with Crippen molar-refractivity contribution in [3.8, 4) is 0 Å². The molecule has 1 aliphatic rings. The van der Waals surface area contributed by atoms with E-state index in [0.29, 0.717) is 17.2 Å². The SMILES string of the molecule is CCOC(=O)c1c(NC(=O)OC)sc2c1CCCCCC2. The van der Waals surface area contributed by atoms with Gasteiger partial charge in [0.1, 0.15) is 5.00 Å². The number of fused-ring (bicyclic) bond motifs is 1. The first-order valence-electron chi connectivity index (χ1n) is 7.34. The van der Waals surface area contributed by atoms with Crippen LogP contribution in [0.1, 0.15) is 53.4 Å². The summed E-state index contributed by atoms with van der Waals surface area (Å²) in [5.41, 5.74) is 1.56. The molecule has 0 aromatic carbocycles. The van der Waals surface area contributed by atoms with Gasteiger partial charge >= 0.3 is 12.1 Å². The first-order valence-corrected chi connectivity index (χ1v) is 8.15. The Kier molecular flexibility index (Phi) is 5.61. The normalized spacial score (nSPS) is 14.6. The van der Waals surface area contributed by atoms with Crippen molar-refractivity contribution in [3.05, 3.63) is 16.0 Å². The van der Waals surface area contributed by atoms with Gasteiger partial charge in [-0.1, -0.05) is 12.8 Å². The highest BCUT2D eigenvalue weighted by Crippen LogP contribution is 2.37. The second-order valence-electron chi connectivity index (χ2n) is 4.96. The quantitative estimate of drug-likeness (QED) is 0.863. The van der Waals surface area contributed by atoms with Gasteiger partial charge in [0.25, 0.3) is 0 Å². The van der Waals surface area contributed by atoms with Crippen molar-refractivity contribution in [1.82, 2.24) is 0 Å². The van der Waals surface area contributed by atoms with Crippen LogP contribution in [0.25, 0.3) is 0 Å². The Labute approximate surface area is 128 Å². The summed E-state index contributed by atoms with van der Waals surface area (Å²) in [5, 5.41) is 3.20. The smallest absolute Gasteiger partial charge is 0.411 e. The van der Waals surface area contributed by atoms with E-state index in [1.165, 1.54) is 36.2 Å². The van der Waals surface area contributed by atoms with Crippen LogP contribution in [0.2, 0.25) is 0 Å². The molecule has 1 amide bonds. The van der Waals surface area contributed by atoms with E-state index in [1.54, 1.807) is 6.92 Å². The Bertz CT molecular complexity index is 524. The number of thiophene rings is 1. The number of rotatable bonds is 3. The molecule has 6 heteroatoms.